The summed E-state index contributed by atoms with van der Waals surface area (Å²) in [7, 11) is -1.69. The van der Waals surface area contributed by atoms with Crippen molar-refractivity contribution < 1.29 is 13.2 Å². The summed E-state index contributed by atoms with van der Waals surface area (Å²) in [5.41, 5.74) is 3.27. The number of aromatic nitrogens is 1. The van der Waals surface area contributed by atoms with E-state index in [1.807, 2.05) is 37.6 Å². The Hall–Kier alpha value is -1.96. The van der Waals surface area contributed by atoms with Crippen molar-refractivity contribution in [1.82, 2.24) is 4.57 Å². The standard InChI is InChI=1S/C19H19ClN2O3S2/c1-12-4-5-13(2)18-17(12)22(3)19(26-18)21-16(23)10-11-27(24,25)15-8-6-14(20)7-9-15/h4-9H,10-11H2,1-3H3. The van der Waals surface area contributed by atoms with Crippen molar-refractivity contribution >= 4 is 48.9 Å². The van der Waals surface area contributed by atoms with Gasteiger partial charge in [-0.1, -0.05) is 35.1 Å². The normalized spacial score (nSPS) is 12.7. The monoisotopic (exact) mass is 422 g/mol. The van der Waals surface area contributed by atoms with Gasteiger partial charge < -0.3 is 4.57 Å². The van der Waals surface area contributed by atoms with E-state index in [9.17, 15) is 13.2 Å². The third-order valence-corrected chi connectivity index (χ3v) is 7.57. The van der Waals surface area contributed by atoms with Crippen LogP contribution in [0.25, 0.3) is 10.2 Å². The molecule has 0 unspecified atom stereocenters. The molecule has 142 valence electrons. The minimum Gasteiger partial charge on any atom is -0.319 e. The number of carbonyl (C=O) groups excluding carboxylic acids is 1. The van der Waals surface area contributed by atoms with E-state index >= 15 is 0 Å². The molecule has 0 saturated heterocycles. The molecule has 0 saturated carbocycles. The number of thiazole rings is 1. The number of nitrogens with zero attached hydrogens (tertiary/aromatic N) is 2. The Kier molecular flexibility index (Phi) is 5.55. The van der Waals surface area contributed by atoms with E-state index < -0.39 is 15.7 Å². The molecule has 2 aromatic carbocycles. The lowest BCUT2D eigenvalue weighted by Gasteiger charge is -2.03. The first-order chi connectivity index (χ1) is 12.7. The fourth-order valence-corrected chi connectivity index (χ4v) is 5.35. The number of benzene rings is 2. The third-order valence-electron chi connectivity index (χ3n) is 4.32. The van der Waals surface area contributed by atoms with Gasteiger partial charge in [-0.25, -0.2) is 8.42 Å². The van der Waals surface area contributed by atoms with Crippen molar-refractivity contribution in [3.8, 4) is 0 Å². The van der Waals surface area contributed by atoms with Gasteiger partial charge in [0.2, 0.25) is 5.91 Å². The third kappa shape index (κ3) is 4.15. The van der Waals surface area contributed by atoms with Gasteiger partial charge in [-0.3, -0.25) is 4.79 Å². The number of carbonyl (C=O) groups is 1. The average molecular weight is 423 g/mol. The number of fused-ring (bicyclic) bond motifs is 1. The first-order valence-electron chi connectivity index (χ1n) is 8.30. The molecule has 8 heteroatoms. The Morgan fingerprint density at radius 3 is 2.37 bits per heavy atom. The lowest BCUT2D eigenvalue weighted by molar-refractivity contribution is -0.117. The van der Waals surface area contributed by atoms with E-state index in [0.29, 0.717) is 9.82 Å². The second kappa shape index (κ2) is 7.58. The topological polar surface area (TPSA) is 68.5 Å². The highest BCUT2D eigenvalue weighted by molar-refractivity contribution is 7.91. The summed E-state index contributed by atoms with van der Waals surface area (Å²) in [5.74, 6) is -0.742. The second-order valence-corrected chi connectivity index (χ2v) is 9.87. The van der Waals surface area contributed by atoms with Crippen LogP contribution in [-0.4, -0.2) is 24.6 Å². The van der Waals surface area contributed by atoms with Crippen LogP contribution in [0.2, 0.25) is 5.02 Å². The van der Waals surface area contributed by atoms with Crippen LogP contribution in [0, 0.1) is 13.8 Å². The number of halogens is 1. The quantitative estimate of drug-likeness (QED) is 0.642. The summed E-state index contributed by atoms with van der Waals surface area (Å²) in [6.07, 6.45) is -0.169. The Bertz CT molecular complexity index is 1190. The van der Waals surface area contributed by atoms with Crippen LogP contribution in [0.15, 0.2) is 46.3 Å². The molecule has 3 rings (SSSR count). The Balaban J connectivity index is 1.84. The maximum absolute atomic E-state index is 12.4. The van der Waals surface area contributed by atoms with Gasteiger partial charge in [0.15, 0.2) is 14.6 Å². The lowest BCUT2D eigenvalue weighted by Crippen LogP contribution is -2.16. The van der Waals surface area contributed by atoms with Crippen LogP contribution in [0.5, 0.6) is 0 Å². The molecule has 0 aliphatic carbocycles. The highest BCUT2D eigenvalue weighted by Crippen LogP contribution is 2.24. The summed E-state index contributed by atoms with van der Waals surface area (Å²) < 4.78 is 27.7. The second-order valence-electron chi connectivity index (χ2n) is 6.35. The van der Waals surface area contributed by atoms with Crippen molar-refractivity contribution in [2.45, 2.75) is 25.2 Å². The predicted octanol–water partition coefficient (Wildman–Crippen LogP) is 3.80. The van der Waals surface area contributed by atoms with Crippen LogP contribution in [-0.2, 0) is 21.7 Å². The molecule has 0 bridgehead atoms. The van der Waals surface area contributed by atoms with Crippen LogP contribution in [0.1, 0.15) is 17.5 Å². The van der Waals surface area contributed by atoms with E-state index in [4.69, 9.17) is 11.6 Å². The lowest BCUT2D eigenvalue weighted by atomic mass is 10.1. The highest BCUT2D eigenvalue weighted by Gasteiger charge is 2.17. The fourth-order valence-electron chi connectivity index (χ4n) is 2.81. The van der Waals surface area contributed by atoms with E-state index in [-0.39, 0.29) is 17.1 Å². The zero-order chi connectivity index (χ0) is 19.8. The molecule has 1 aromatic heterocycles. The van der Waals surface area contributed by atoms with Crippen molar-refractivity contribution in [2.24, 2.45) is 12.0 Å². The molecule has 0 aliphatic heterocycles. The largest absolute Gasteiger partial charge is 0.319 e. The minimum atomic E-state index is -3.56. The number of amides is 1. The zero-order valence-electron chi connectivity index (χ0n) is 15.2. The van der Waals surface area contributed by atoms with Crippen LogP contribution in [0.4, 0.5) is 0 Å². The molecule has 1 heterocycles. The van der Waals surface area contributed by atoms with E-state index in [1.54, 1.807) is 0 Å². The predicted molar refractivity (Wildman–Crippen MR) is 109 cm³/mol. The van der Waals surface area contributed by atoms with Gasteiger partial charge in [-0.2, -0.15) is 4.99 Å². The summed E-state index contributed by atoms with van der Waals surface area (Å²) in [6, 6.07) is 9.99. The summed E-state index contributed by atoms with van der Waals surface area (Å²) in [6.45, 7) is 4.03. The number of hydrogen-bond acceptors (Lipinski definition) is 4. The summed E-state index contributed by atoms with van der Waals surface area (Å²) in [5, 5.41) is 0.461. The molecule has 0 aliphatic rings. The molecule has 0 atom stereocenters. The molecule has 0 N–H and O–H groups in total. The number of rotatable bonds is 4. The molecular weight excluding hydrogens is 404 g/mol. The Morgan fingerprint density at radius 2 is 1.74 bits per heavy atom. The number of aryl methyl sites for hydroxylation is 3. The molecule has 27 heavy (non-hydrogen) atoms. The van der Waals surface area contributed by atoms with Crippen molar-refractivity contribution in [1.29, 1.82) is 0 Å². The smallest absolute Gasteiger partial charge is 0.249 e. The number of sulfone groups is 1. The Labute approximate surface area is 166 Å². The van der Waals surface area contributed by atoms with Gasteiger partial charge in [0.05, 0.1) is 20.9 Å². The van der Waals surface area contributed by atoms with Crippen LogP contribution >= 0.6 is 22.9 Å². The van der Waals surface area contributed by atoms with Crippen molar-refractivity contribution in [3.05, 3.63) is 57.3 Å². The maximum atomic E-state index is 12.4. The van der Waals surface area contributed by atoms with Crippen LogP contribution < -0.4 is 4.80 Å². The fraction of sp³-hybridized carbons (Fsp3) is 0.263. The first-order valence-corrected chi connectivity index (χ1v) is 11.2. The summed E-state index contributed by atoms with van der Waals surface area (Å²) >= 11 is 7.22. The van der Waals surface area contributed by atoms with E-state index in [0.717, 1.165) is 21.3 Å². The average Bonchev–Trinajstić information content (AvgIpc) is 2.95. The Morgan fingerprint density at radius 1 is 1.11 bits per heavy atom. The molecule has 5 nitrogen and oxygen atoms in total. The van der Waals surface area contributed by atoms with Gasteiger partial charge in [-0.15, -0.1) is 0 Å². The van der Waals surface area contributed by atoms with Gasteiger partial charge in [0.25, 0.3) is 0 Å². The number of hydrogen-bond donors (Lipinski definition) is 0. The maximum Gasteiger partial charge on any atom is 0.249 e. The zero-order valence-corrected chi connectivity index (χ0v) is 17.6. The van der Waals surface area contributed by atoms with E-state index in [2.05, 4.69) is 4.99 Å². The van der Waals surface area contributed by atoms with Crippen molar-refractivity contribution in [3.63, 3.8) is 0 Å². The van der Waals surface area contributed by atoms with Gasteiger partial charge in [0, 0.05) is 18.5 Å². The van der Waals surface area contributed by atoms with Gasteiger partial charge in [0.1, 0.15) is 0 Å². The first kappa shape index (κ1) is 19.8. The molecule has 0 radical (unpaired) electrons. The molecule has 3 aromatic rings. The minimum absolute atomic E-state index is 0.151. The van der Waals surface area contributed by atoms with Gasteiger partial charge >= 0.3 is 0 Å². The van der Waals surface area contributed by atoms with Crippen LogP contribution in [0.3, 0.4) is 0 Å². The molecule has 0 fully saturated rings. The molecule has 0 spiro atoms. The van der Waals surface area contributed by atoms with Gasteiger partial charge in [-0.05, 0) is 49.2 Å². The molecule has 1 amide bonds. The highest BCUT2D eigenvalue weighted by atomic mass is 35.5. The SMILES string of the molecule is Cc1ccc(C)c2c1sc(=NC(=O)CCS(=O)(=O)c1ccc(Cl)cc1)n2C. The van der Waals surface area contributed by atoms with E-state index in [1.165, 1.54) is 35.6 Å². The summed E-state index contributed by atoms with van der Waals surface area (Å²) in [4.78, 5) is 17.1. The molecular formula is C19H19ClN2O3S2. The van der Waals surface area contributed by atoms with Crippen molar-refractivity contribution in [2.75, 3.05) is 5.75 Å².